The maximum atomic E-state index is 12.3. The molecule has 1 rings (SSSR count). The Hall–Kier alpha value is -0.870. The molecule has 0 aliphatic carbocycles. The zero-order valence-electron chi connectivity index (χ0n) is 6.72. The van der Waals surface area contributed by atoms with Crippen molar-refractivity contribution in [3.63, 3.8) is 0 Å². The first-order valence-corrected chi connectivity index (χ1v) is 4.27. The number of nitrogens with zero attached hydrogens (tertiary/aromatic N) is 1. The van der Waals surface area contributed by atoms with E-state index in [1.807, 2.05) is 0 Å². The Labute approximate surface area is 88.7 Å². The molecule has 0 atom stereocenters. The van der Waals surface area contributed by atoms with Gasteiger partial charge in [-0.25, -0.2) is 8.78 Å². The molecule has 0 saturated carbocycles. The van der Waals surface area contributed by atoms with E-state index in [0.29, 0.717) is 5.02 Å². The van der Waals surface area contributed by atoms with Gasteiger partial charge in [-0.2, -0.15) is 0 Å². The third-order valence-electron chi connectivity index (χ3n) is 1.52. The Morgan fingerprint density at radius 2 is 2.00 bits per heavy atom. The summed E-state index contributed by atoms with van der Waals surface area (Å²) in [7, 11) is 0. The summed E-state index contributed by atoms with van der Waals surface area (Å²) in [5.74, 6) is 0. The highest BCUT2D eigenvalue weighted by Crippen LogP contribution is 2.23. The second-order valence-electron chi connectivity index (χ2n) is 2.41. The van der Waals surface area contributed by atoms with Crippen molar-refractivity contribution in [3.8, 4) is 0 Å². The first kappa shape index (κ1) is 11.2. The molecule has 0 spiro atoms. The van der Waals surface area contributed by atoms with Crippen molar-refractivity contribution in [3.05, 3.63) is 33.8 Å². The van der Waals surface area contributed by atoms with Crippen LogP contribution in [0.5, 0.6) is 0 Å². The molecule has 0 aliphatic rings. The summed E-state index contributed by atoms with van der Waals surface area (Å²) >= 11 is 11.2. The number of hydrogen-bond donors (Lipinski definition) is 1. The van der Waals surface area contributed by atoms with Crippen molar-refractivity contribution >= 4 is 28.9 Å². The van der Waals surface area contributed by atoms with Gasteiger partial charge in [0.2, 0.25) is 0 Å². The highest BCUT2D eigenvalue weighted by Gasteiger charge is 2.19. The standard InChI is InChI=1S/C8H5Cl2F2NO/c9-4-1-2-5(6(10)3-4)7(13-14)8(11)12/h1-3,8,14H/b13-7-. The van der Waals surface area contributed by atoms with Gasteiger partial charge in [0.15, 0.2) is 5.71 Å². The van der Waals surface area contributed by atoms with Crippen molar-refractivity contribution in [2.45, 2.75) is 6.43 Å². The topological polar surface area (TPSA) is 32.6 Å². The summed E-state index contributed by atoms with van der Waals surface area (Å²) in [6, 6.07) is 3.95. The molecule has 0 aromatic heterocycles. The molecule has 76 valence electrons. The van der Waals surface area contributed by atoms with E-state index >= 15 is 0 Å². The average molecular weight is 240 g/mol. The van der Waals surface area contributed by atoms with Crippen LogP contribution in [0.1, 0.15) is 5.56 Å². The van der Waals surface area contributed by atoms with E-state index in [0.717, 1.165) is 0 Å². The molecule has 0 amide bonds. The summed E-state index contributed by atoms with van der Waals surface area (Å²) in [4.78, 5) is 0. The van der Waals surface area contributed by atoms with Crippen LogP contribution in [-0.2, 0) is 0 Å². The van der Waals surface area contributed by atoms with Crippen LogP contribution in [0, 0.1) is 0 Å². The van der Waals surface area contributed by atoms with Crippen LogP contribution < -0.4 is 0 Å². The van der Waals surface area contributed by atoms with E-state index < -0.39 is 12.1 Å². The number of rotatable bonds is 2. The quantitative estimate of drug-likeness (QED) is 0.479. The molecule has 0 aliphatic heterocycles. The molecule has 1 N–H and O–H groups in total. The molecule has 0 saturated heterocycles. The van der Waals surface area contributed by atoms with Gasteiger partial charge < -0.3 is 5.21 Å². The Morgan fingerprint density at radius 1 is 1.36 bits per heavy atom. The summed E-state index contributed by atoms with van der Waals surface area (Å²) in [6.45, 7) is 0. The van der Waals surface area contributed by atoms with Gasteiger partial charge in [-0.05, 0) is 18.2 Å². The van der Waals surface area contributed by atoms with E-state index in [-0.39, 0.29) is 10.6 Å². The Bertz CT molecular complexity index is 368. The van der Waals surface area contributed by atoms with Crippen LogP contribution in [0.2, 0.25) is 10.0 Å². The number of halogens is 4. The molecule has 2 nitrogen and oxygen atoms in total. The lowest BCUT2D eigenvalue weighted by Crippen LogP contribution is -2.12. The molecule has 6 heteroatoms. The smallest absolute Gasteiger partial charge is 0.284 e. The monoisotopic (exact) mass is 239 g/mol. The van der Waals surface area contributed by atoms with E-state index in [2.05, 4.69) is 5.16 Å². The van der Waals surface area contributed by atoms with Crippen LogP contribution in [0.4, 0.5) is 8.78 Å². The maximum absolute atomic E-state index is 12.3. The lowest BCUT2D eigenvalue weighted by atomic mass is 10.1. The first-order chi connectivity index (χ1) is 6.56. The van der Waals surface area contributed by atoms with Crippen LogP contribution in [-0.4, -0.2) is 17.3 Å². The number of hydrogen-bond acceptors (Lipinski definition) is 2. The normalized spacial score (nSPS) is 12.2. The molecular formula is C8H5Cl2F2NO. The number of oxime groups is 1. The minimum Gasteiger partial charge on any atom is -0.410 e. The van der Waals surface area contributed by atoms with Gasteiger partial charge in [-0.15, -0.1) is 0 Å². The van der Waals surface area contributed by atoms with Crippen molar-refractivity contribution < 1.29 is 14.0 Å². The summed E-state index contributed by atoms with van der Waals surface area (Å²) < 4.78 is 24.6. The van der Waals surface area contributed by atoms with E-state index in [9.17, 15) is 8.78 Å². The predicted octanol–water partition coefficient (Wildman–Crippen LogP) is 3.44. The molecule has 1 aromatic carbocycles. The Kier molecular flexibility index (Phi) is 3.66. The van der Waals surface area contributed by atoms with Crippen LogP contribution in [0.3, 0.4) is 0 Å². The van der Waals surface area contributed by atoms with Gasteiger partial charge in [0.25, 0.3) is 6.43 Å². The molecular weight excluding hydrogens is 235 g/mol. The van der Waals surface area contributed by atoms with Gasteiger partial charge in [0.1, 0.15) is 0 Å². The SMILES string of the molecule is O/N=C(/c1ccc(Cl)cc1Cl)C(F)F. The lowest BCUT2D eigenvalue weighted by molar-refractivity contribution is 0.215. The Morgan fingerprint density at radius 3 is 2.43 bits per heavy atom. The number of benzene rings is 1. The highest BCUT2D eigenvalue weighted by atomic mass is 35.5. The minimum atomic E-state index is -2.89. The third-order valence-corrected chi connectivity index (χ3v) is 2.07. The third kappa shape index (κ3) is 2.33. The van der Waals surface area contributed by atoms with Gasteiger partial charge in [0.05, 0.1) is 5.02 Å². The minimum absolute atomic E-state index is 0.0191. The zero-order valence-corrected chi connectivity index (χ0v) is 8.23. The second kappa shape index (κ2) is 4.57. The average Bonchev–Trinajstić information content (AvgIpc) is 2.09. The fraction of sp³-hybridized carbons (Fsp3) is 0.125. The molecule has 0 fully saturated rings. The summed E-state index contributed by atoms with van der Waals surface area (Å²) in [5, 5.41) is 11.2. The molecule has 0 radical (unpaired) electrons. The summed E-state index contributed by atoms with van der Waals surface area (Å²) in [5.41, 5.74) is -0.805. The second-order valence-corrected chi connectivity index (χ2v) is 3.25. The largest absolute Gasteiger partial charge is 0.410 e. The van der Waals surface area contributed by atoms with Crippen LogP contribution in [0.15, 0.2) is 23.4 Å². The van der Waals surface area contributed by atoms with Crippen molar-refractivity contribution in [2.24, 2.45) is 5.16 Å². The molecule has 14 heavy (non-hydrogen) atoms. The highest BCUT2D eigenvalue weighted by molar-refractivity contribution is 6.37. The summed E-state index contributed by atoms with van der Waals surface area (Å²) in [6.07, 6.45) is -2.89. The van der Waals surface area contributed by atoms with Gasteiger partial charge in [0, 0.05) is 10.6 Å². The molecule has 1 aromatic rings. The van der Waals surface area contributed by atoms with Crippen LogP contribution >= 0.6 is 23.2 Å². The van der Waals surface area contributed by atoms with Gasteiger partial charge in [-0.1, -0.05) is 28.4 Å². The number of alkyl halides is 2. The Balaban J connectivity index is 3.19. The van der Waals surface area contributed by atoms with Crippen molar-refractivity contribution in [1.82, 2.24) is 0 Å². The van der Waals surface area contributed by atoms with Crippen molar-refractivity contribution in [1.29, 1.82) is 0 Å². The van der Waals surface area contributed by atoms with Crippen molar-refractivity contribution in [2.75, 3.05) is 0 Å². The van der Waals surface area contributed by atoms with Crippen LogP contribution in [0.25, 0.3) is 0 Å². The van der Waals surface area contributed by atoms with Gasteiger partial charge >= 0.3 is 0 Å². The molecule has 0 bridgehead atoms. The van der Waals surface area contributed by atoms with Gasteiger partial charge in [-0.3, -0.25) is 0 Å². The fourth-order valence-electron chi connectivity index (χ4n) is 0.912. The maximum Gasteiger partial charge on any atom is 0.284 e. The zero-order chi connectivity index (χ0) is 10.7. The van der Waals surface area contributed by atoms with E-state index in [1.165, 1.54) is 18.2 Å². The predicted molar refractivity (Wildman–Crippen MR) is 50.8 cm³/mol. The molecule has 0 unspecified atom stereocenters. The lowest BCUT2D eigenvalue weighted by Gasteiger charge is -2.05. The fourth-order valence-corrected chi connectivity index (χ4v) is 1.42. The molecule has 0 heterocycles. The first-order valence-electron chi connectivity index (χ1n) is 3.51. The van der Waals surface area contributed by atoms with E-state index in [1.54, 1.807) is 0 Å². The van der Waals surface area contributed by atoms with E-state index in [4.69, 9.17) is 28.4 Å².